The molecule has 3 rings (SSSR count). The Hall–Kier alpha value is -3.59. The van der Waals surface area contributed by atoms with Gasteiger partial charge in [-0.15, -0.1) is 15.3 Å². The lowest BCUT2D eigenvalue weighted by Crippen LogP contribution is -2.24. The van der Waals surface area contributed by atoms with Crippen molar-refractivity contribution in [1.29, 1.82) is 5.26 Å². The van der Waals surface area contributed by atoms with Gasteiger partial charge in [0, 0.05) is 5.56 Å². The number of hydrogen-bond donors (Lipinski definition) is 0. The highest BCUT2D eigenvalue weighted by atomic mass is 16.1. The maximum Gasteiger partial charge on any atom is 0.289 e. The van der Waals surface area contributed by atoms with E-state index in [4.69, 9.17) is 0 Å². The van der Waals surface area contributed by atoms with Crippen LogP contribution in [0.2, 0.25) is 0 Å². The maximum atomic E-state index is 12.5. The number of benzene rings is 2. The molecule has 0 spiro atoms. The summed E-state index contributed by atoms with van der Waals surface area (Å²) < 4.78 is 1.17. The van der Waals surface area contributed by atoms with Crippen LogP contribution in [0.1, 0.15) is 11.1 Å². The molecule has 3 aromatic rings. The molecule has 0 N–H and O–H groups in total. The van der Waals surface area contributed by atoms with E-state index in [1.54, 1.807) is 43.3 Å². The van der Waals surface area contributed by atoms with E-state index in [9.17, 15) is 10.1 Å². The minimum absolute atomic E-state index is 0.0101. The Morgan fingerprint density at radius 1 is 1.00 bits per heavy atom. The summed E-state index contributed by atoms with van der Waals surface area (Å²) in [6.07, 6.45) is 0. The fourth-order valence-corrected chi connectivity index (χ4v) is 2.16. The molecule has 0 atom stereocenters. The zero-order chi connectivity index (χ0) is 16.9. The molecule has 0 fully saturated rings. The second-order valence-electron chi connectivity index (χ2n) is 5.02. The number of rotatable bonds is 3. The lowest BCUT2D eigenvalue weighted by atomic mass is 10.2. The Labute approximate surface area is 138 Å². The summed E-state index contributed by atoms with van der Waals surface area (Å²) in [6, 6.07) is 20.0. The van der Waals surface area contributed by atoms with E-state index in [0.29, 0.717) is 16.9 Å². The van der Waals surface area contributed by atoms with Gasteiger partial charge in [-0.25, -0.2) is 0 Å². The van der Waals surface area contributed by atoms with Crippen molar-refractivity contribution in [2.24, 2.45) is 10.2 Å². The molecule has 6 heteroatoms. The summed E-state index contributed by atoms with van der Waals surface area (Å²) >= 11 is 0. The van der Waals surface area contributed by atoms with Crippen LogP contribution in [0.15, 0.2) is 75.7 Å². The Balaban J connectivity index is 2.15. The van der Waals surface area contributed by atoms with E-state index in [-0.39, 0.29) is 11.4 Å². The third kappa shape index (κ3) is 2.96. The Kier molecular flexibility index (Phi) is 4.25. The standard InChI is InChI=1S/C18H13N5O/c1-13-16(12-19)18(24)23(15-10-6-3-7-11-15)22-17(13)21-20-14-8-4-2-5-9-14/h2-11H,1H3. The number of nitrogens with zero attached hydrogens (tertiary/aromatic N) is 5. The molecular weight excluding hydrogens is 302 g/mol. The predicted molar refractivity (Wildman–Crippen MR) is 89.9 cm³/mol. The highest BCUT2D eigenvalue weighted by Crippen LogP contribution is 2.20. The molecule has 0 saturated carbocycles. The smallest absolute Gasteiger partial charge is 0.266 e. The van der Waals surface area contributed by atoms with Gasteiger partial charge in [0.25, 0.3) is 5.56 Å². The SMILES string of the molecule is Cc1c(N=Nc2ccccc2)nn(-c2ccccc2)c(=O)c1C#N. The number of hydrogen-bond acceptors (Lipinski definition) is 5. The van der Waals surface area contributed by atoms with Crippen molar-refractivity contribution in [1.82, 2.24) is 9.78 Å². The van der Waals surface area contributed by atoms with Crippen molar-refractivity contribution in [2.45, 2.75) is 6.92 Å². The summed E-state index contributed by atoms with van der Waals surface area (Å²) in [4.78, 5) is 12.5. The molecule has 0 radical (unpaired) electrons. The molecule has 6 nitrogen and oxygen atoms in total. The van der Waals surface area contributed by atoms with Gasteiger partial charge in [-0.2, -0.15) is 9.94 Å². The second kappa shape index (κ2) is 6.67. The second-order valence-corrected chi connectivity index (χ2v) is 5.02. The van der Waals surface area contributed by atoms with Crippen LogP contribution in [0.3, 0.4) is 0 Å². The Morgan fingerprint density at radius 3 is 2.25 bits per heavy atom. The van der Waals surface area contributed by atoms with Gasteiger partial charge < -0.3 is 0 Å². The van der Waals surface area contributed by atoms with Crippen molar-refractivity contribution in [3.05, 3.63) is 82.1 Å². The van der Waals surface area contributed by atoms with Crippen molar-refractivity contribution < 1.29 is 0 Å². The predicted octanol–water partition coefficient (Wildman–Crippen LogP) is 3.83. The molecule has 0 unspecified atom stereocenters. The van der Waals surface area contributed by atoms with Crippen LogP contribution in [-0.2, 0) is 0 Å². The number of nitriles is 1. The molecule has 0 aliphatic carbocycles. The lowest BCUT2D eigenvalue weighted by Gasteiger charge is -2.08. The van der Waals surface area contributed by atoms with Gasteiger partial charge in [-0.05, 0) is 31.2 Å². The molecule has 2 aromatic carbocycles. The van der Waals surface area contributed by atoms with Gasteiger partial charge in [-0.1, -0.05) is 36.4 Å². The minimum Gasteiger partial charge on any atom is -0.266 e. The van der Waals surface area contributed by atoms with Gasteiger partial charge >= 0.3 is 0 Å². The first kappa shape index (κ1) is 15.3. The van der Waals surface area contributed by atoms with Crippen LogP contribution in [0, 0.1) is 18.3 Å². The summed E-state index contributed by atoms with van der Waals surface area (Å²) in [7, 11) is 0. The van der Waals surface area contributed by atoms with E-state index in [2.05, 4.69) is 15.3 Å². The van der Waals surface area contributed by atoms with Crippen molar-refractivity contribution in [2.75, 3.05) is 0 Å². The summed E-state index contributed by atoms with van der Waals surface area (Å²) in [5.41, 5.74) is 1.18. The average Bonchev–Trinajstić information content (AvgIpc) is 2.63. The number of azo groups is 1. The van der Waals surface area contributed by atoms with E-state index < -0.39 is 5.56 Å². The molecule has 116 valence electrons. The quantitative estimate of drug-likeness (QED) is 0.689. The van der Waals surface area contributed by atoms with Crippen molar-refractivity contribution in [3.8, 4) is 11.8 Å². The number of aromatic nitrogens is 2. The molecule has 1 heterocycles. The van der Waals surface area contributed by atoms with Gasteiger partial charge in [0.15, 0.2) is 5.82 Å². The van der Waals surface area contributed by atoms with Crippen LogP contribution < -0.4 is 5.56 Å². The van der Waals surface area contributed by atoms with Crippen LogP contribution in [0.25, 0.3) is 5.69 Å². The van der Waals surface area contributed by atoms with Gasteiger partial charge in [-0.3, -0.25) is 4.79 Å². The van der Waals surface area contributed by atoms with E-state index in [0.717, 1.165) is 0 Å². The molecule has 0 bridgehead atoms. The minimum atomic E-state index is -0.472. The van der Waals surface area contributed by atoms with Gasteiger partial charge in [0.2, 0.25) is 0 Å². The first-order chi connectivity index (χ1) is 11.7. The largest absolute Gasteiger partial charge is 0.289 e. The molecule has 0 amide bonds. The maximum absolute atomic E-state index is 12.5. The van der Waals surface area contributed by atoms with E-state index in [1.165, 1.54) is 4.68 Å². The molecule has 0 aliphatic heterocycles. The third-order valence-electron chi connectivity index (χ3n) is 3.44. The normalized spacial score (nSPS) is 10.7. The first-order valence-corrected chi connectivity index (χ1v) is 7.27. The van der Waals surface area contributed by atoms with Gasteiger partial charge in [0.05, 0.1) is 11.4 Å². The fraction of sp³-hybridized carbons (Fsp3) is 0.0556. The monoisotopic (exact) mass is 315 g/mol. The van der Waals surface area contributed by atoms with E-state index >= 15 is 0 Å². The topological polar surface area (TPSA) is 83.4 Å². The highest BCUT2D eigenvalue weighted by molar-refractivity contribution is 5.49. The average molecular weight is 315 g/mol. The highest BCUT2D eigenvalue weighted by Gasteiger charge is 2.14. The molecule has 0 saturated heterocycles. The number of para-hydroxylation sites is 1. The first-order valence-electron chi connectivity index (χ1n) is 7.27. The van der Waals surface area contributed by atoms with Crippen LogP contribution in [0.4, 0.5) is 11.5 Å². The van der Waals surface area contributed by atoms with E-state index in [1.807, 2.05) is 30.3 Å². The Morgan fingerprint density at radius 2 is 1.62 bits per heavy atom. The fourth-order valence-electron chi connectivity index (χ4n) is 2.16. The summed E-state index contributed by atoms with van der Waals surface area (Å²) in [5, 5.41) is 21.8. The molecule has 24 heavy (non-hydrogen) atoms. The molecule has 0 aliphatic rings. The zero-order valence-corrected chi connectivity index (χ0v) is 12.9. The van der Waals surface area contributed by atoms with Crippen LogP contribution in [-0.4, -0.2) is 9.78 Å². The van der Waals surface area contributed by atoms with Gasteiger partial charge in [0.1, 0.15) is 11.6 Å². The van der Waals surface area contributed by atoms with Crippen molar-refractivity contribution >= 4 is 11.5 Å². The van der Waals surface area contributed by atoms with Crippen LogP contribution >= 0.6 is 0 Å². The Bertz CT molecular complexity index is 986. The summed E-state index contributed by atoms with van der Waals surface area (Å²) in [6.45, 7) is 1.64. The lowest BCUT2D eigenvalue weighted by molar-refractivity contribution is 0.792. The molecular formula is C18H13N5O. The van der Waals surface area contributed by atoms with Crippen molar-refractivity contribution in [3.63, 3.8) is 0 Å². The van der Waals surface area contributed by atoms with Crippen LogP contribution in [0.5, 0.6) is 0 Å². The third-order valence-corrected chi connectivity index (χ3v) is 3.44. The summed E-state index contributed by atoms with van der Waals surface area (Å²) in [5.74, 6) is 0.235. The zero-order valence-electron chi connectivity index (χ0n) is 12.9. The molecule has 1 aromatic heterocycles.